The van der Waals surface area contributed by atoms with Gasteiger partial charge in [-0.05, 0) is 50.1 Å². The van der Waals surface area contributed by atoms with Crippen LogP contribution in [-0.2, 0) is 40.0 Å². The standard InChI is InChI=1S/C31H44N6O9/c1-18(2)26(36-27(41)20-10-6-14-32-20)30(44)33-17-24(38)37-15-7-11-23(37)29(43)35-22(16-19-8-4-3-5-9-19)28(42)34-21(31(45)46)12-13-25(39)40/h3-5,8-9,18,20-23,26,32H,6-7,10-17H2,1-2H3,(H,33,44)(H,34,42)(H,35,43)(H,36,41)(H,39,40)(H,45,46)/t20-,21-,22-,23-,26-/m0/s1. The Morgan fingerprint density at radius 2 is 1.61 bits per heavy atom. The molecule has 2 aliphatic heterocycles. The highest BCUT2D eigenvalue weighted by molar-refractivity contribution is 5.95. The number of nitrogens with one attached hydrogen (secondary N) is 5. The third-order valence-electron chi connectivity index (χ3n) is 8.09. The molecular weight excluding hydrogens is 600 g/mol. The molecule has 2 aliphatic rings. The monoisotopic (exact) mass is 644 g/mol. The number of aliphatic carboxylic acids is 2. The van der Waals surface area contributed by atoms with Gasteiger partial charge < -0.3 is 41.7 Å². The molecule has 15 heteroatoms. The van der Waals surface area contributed by atoms with Crippen LogP contribution in [0.1, 0.15) is 57.9 Å². The topological polar surface area (TPSA) is 223 Å². The van der Waals surface area contributed by atoms with Crippen LogP contribution in [0, 0.1) is 5.92 Å². The Balaban J connectivity index is 1.64. The van der Waals surface area contributed by atoms with Crippen LogP contribution in [0.4, 0.5) is 0 Å². The molecule has 0 radical (unpaired) electrons. The predicted molar refractivity (Wildman–Crippen MR) is 164 cm³/mol. The Labute approximate surface area is 267 Å². The number of rotatable bonds is 16. The van der Waals surface area contributed by atoms with E-state index in [0.717, 1.165) is 13.0 Å². The van der Waals surface area contributed by atoms with E-state index in [-0.39, 0.29) is 37.3 Å². The lowest BCUT2D eigenvalue weighted by atomic mass is 10.0. The summed E-state index contributed by atoms with van der Waals surface area (Å²) in [6.07, 6.45) is 1.53. The molecular formula is C31H44N6O9. The highest BCUT2D eigenvalue weighted by Gasteiger charge is 2.37. The van der Waals surface area contributed by atoms with Gasteiger partial charge in [0.1, 0.15) is 24.2 Å². The van der Waals surface area contributed by atoms with E-state index in [2.05, 4.69) is 26.6 Å². The minimum Gasteiger partial charge on any atom is -0.481 e. The summed E-state index contributed by atoms with van der Waals surface area (Å²) in [6.45, 7) is 4.13. The molecule has 252 valence electrons. The van der Waals surface area contributed by atoms with Crippen LogP contribution in [0.2, 0.25) is 0 Å². The predicted octanol–water partition coefficient (Wildman–Crippen LogP) is -0.852. The second-order valence-corrected chi connectivity index (χ2v) is 11.9. The maximum atomic E-state index is 13.5. The van der Waals surface area contributed by atoms with Crippen molar-refractivity contribution in [3.8, 4) is 0 Å². The molecule has 15 nitrogen and oxygen atoms in total. The number of nitrogens with zero attached hydrogens (tertiary/aromatic N) is 1. The summed E-state index contributed by atoms with van der Waals surface area (Å²) in [5, 5.41) is 31.9. The number of carbonyl (C=O) groups is 7. The van der Waals surface area contributed by atoms with E-state index in [4.69, 9.17) is 5.11 Å². The van der Waals surface area contributed by atoms with Gasteiger partial charge in [-0.15, -0.1) is 0 Å². The summed E-state index contributed by atoms with van der Waals surface area (Å²) in [5.41, 5.74) is 0.679. The Kier molecular flexibility index (Phi) is 13.5. The fourth-order valence-electron chi connectivity index (χ4n) is 5.53. The normalized spacial score (nSPS) is 19.5. The molecule has 1 aromatic carbocycles. The average Bonchev–Trinajstić information content (AvgIpc) is 3.73. The van der Waals surface area contributed by atoms with Crippen LogP contribution in [0.25, 0.3) is 0 Å². The van der Waals surface area contributed by atoms with E-state index in [1.165, 1.54) is 4.90 Å². The van der Waals surface area contributed by atoms with E-state index in [9.17, 15) is 38.7 Å². The summed E-state index contributed by atoms with van der Waals surface area (Å²) in [7, 11) is 0. The smallest absolute Gasteiger partial charge is 0.326 e. The lowest BCUT2D eigenvalue weighted by Gasteiger charge is -2.28. The molecule has 5 amide bonds. The largest absolute Gasteiger partial charge is 0.481 e. The quantitative estimate of drug-likeness (QED) is 0.118. The van der Waals surface area contributed by atoms with Crippen LogP contribution in [0.5, 0.6) is 0 Å². The Bertz CT molecular complexity index is 1270. The van der Waals surface area contributed by atoms with Crippen molar-refractivity contribution in [2.24, 2.45) is 5.92 Å². The number of carboxylic acids is 2. The number of likely N-dealkylation sites (tertiary alicyclic amines) is 1. The van der Waals surface area contributed by atoms with Gasteiger partial charge in [-0.3, -0.25) is 28.8 Å². The van der Waals surface area contributed by atoms with Gasteiger partial charge >= 0.3 is 11.9 Å². The molecule has 1 aromatic rings. The van der Waals surface area contributed by atoms with Crippen molar-refractivity contribution in [1.82, 2.24) is 31.5 Å². The summed E-state index contributed by atoms with van der Waals surface area (Å²) < 4.78 is 0. The van der Waals surface area contributed by atoms with Crippen molar-refractivity contribution in [2.75, 3.05) is 19.6 Å². The molecule has 0 aliphatic carbocycles. The van der Waals surface area contributed by atoms with E-state index in [1.54, 1.807) is 44.2 Å². The average molecular weight is 645 g/mol. The third kappa shape index (κ3) is 10.5. The van der Waals surface area contributed by atoms with Gasteiger partial charge in [0, 0.05) is 19.4 Å². The first-order valence-corrected chi connectivity index (χ1v) is 15.6. The van der Waals surface area contributed by atoms with Gasteiger partial charge in [0.25, 0.3) is 0 Å². The maximum Gasteiger partial charge on any atom is 0.326 e. The summed E-state index contributed by atoms with van der Waals surface area (Å²) in [5.74, 6) is -5.63. The second kappa shape index (κ2) is 17.2. The second-order valence-electron chi connectivity index (χ2n) is 11.9. The number of carboxylic acid groups (broad SMARTS) is 2. The number of hydrogen-bond acceptors (Lipinski definition) is 8. The number of carbonyl (C=O) groups excluding carboxylic acids is 5. The van der Waals surface area contributed by atoms with Gasteiger partial charge in [0.05, 0.1) is 12.6 Å². The van der Waals surface area contributed by atoms with Gasteiger partial charge in [-0.2, -0.15) is 0 Å². The zero-order valence-corrected chi connectivity index (χ0v) is 26.1. The van der Waals surface area contributed by atoms with Gasteiger partial charge in [0.15, 0.2) is 0 Å². The highest BCUT2D eigenvalue weighted by atomic mass is 16.4. The van der Waals surface area contributed by atoms with E-state index >= 15 is 0 Å². The van der Waals surface area contributed by atoms with Crippen LogP contribution in [0.15, 0.2) is 30.3 Å². The fourth-order valence-corrected chi connectivity index (χ4v) is 5.53. The molecule has 46 heavy (non-hydrogen) atoms. The Hall–Kier alpha value is -4.53. The minimum atomic E-state index is -1.49. The molecule has 3 rings (SSSR count). The number of hydrogen-bond donors (Lipinski definition) is 7. The molecule has 0 spiro atoms. The van der Waals surface area contributed by atoms with Crippen LogP contribution < -0.4 is 26.6 Å². The number of amides is 5. The van der Waals surface area contributed by atoms with Crippen LogP contribution in [0.3, 0.4) is 0 Å². The van der Waals surface area contributed by atoms with Crippen LogP contribution in [-0.4, -0.2) is 106 Å². The van der Waals surface area contributed by atoms with Crippen molar-refractivity contribution in [2.45, 2.75) is 89.0 Å². The van der Waals surface area contributed by atoms with E-state index in [1.807, 2.05) is 0 Å². The molecule has 2 fully saturated rings. The van der Waals surface area contributed by atoms with Crippen molar-refractivity contribution in [1.29, 1.82) is 0 Å². The third-order valence-corrected chi connectivity index (χ3v) is 8.09. The zero-order chi connectivity index (χ0) is 33.8. The molecule has 0 aromatic heterocycles. The van der Waals surface area contributed by atoms with Crippen molar-refractivity contribution < 1.29 is 43.8 Å². The lowest BCUT2D eigenvalue weighted by Crippen LogP contribution is -2.57. The SMILES string of the molecule is CC(C)[C@H](NC(=O)[C@@H]1CCCN1)C(=O)NCC(=O)N1CCC[C@H]1C(=O)N[C@@H](Cc1ccccc1)C(=O)N[C@@H](CCC(=O)O)C(=O)O. The zero-order valence-electron chi connectivity index (χ0n) is 26.1. The number of benzene rings is 1. The molecule has 0 unspecified atom stereocenters. The first kappa shape index (κ1) is 35.9. The van der Waals surface area contributed by atoms with E-state index in [0.29, 0.717) is 24.8 Å². The maximum absolute atomic E-state index is 13.5. The molecule has 0 saturated carbocycles. The molecule has 2 saturated heterocycles. The van der Waals surface area contributed by atoms with Gasteiger partial charge in [-0.25, -0.2) is 4.79 Å². The van der Waals surface area contributed by atoms with Crippen LogP contribution >= 0.6 is 0 Å². The molecule has 5 atom stereocenters. The summed E-state index contributed by atoms with van der Waals surface area (Å²) >= 11 is 0. The molecule has 2 heterocycles. The van der Waals surface area contributed by atoms with Crippen molar-refractivity contribution >= 4 is 41.5 Å². The summed E-state index contributed by atoms with van der Waals surface area (Å²) in [6, 6.07) is 3.85. The van der Waals surface area contributed by atoms with E-state index < -0.39 is 72.7 Å². The lowest BCUT2D eigenvalue weighted by molar-refractivity contribution is -0.144. The molecule has 0 bridgehead atoms. The Morgan fingerprint density at radius 1 is 0.891 bits per heavy atom. The van der Waals surface area contributed by atoms with Gasteiger partial charge in [0.2, 0.25) is 29.5 Å². The van der Waals surface area contributed by atoms with Crippen molar-refractivity contribution in [3.63, 3.8) is 0 Å². The Morgan fingerprint density at radius 3 is 2.22 bits per heavy atom. The first-order valence-electron chi connectivity index (χ1n) is 15.6. The minimum absolute atomic E-state index is 0.0130. The van der Waals surface area contributed by atoms with Crippen molar-refractivity contribution in [3.05, 3.63) is 35.9 Å². The highest BCUT2D eigenvalue weighted by Crippen LogP contribution is 2.18. The summed E-state index contributed by atoms with van der Waals surface area (Å²) in [4.78, 5) is 89.4. The van der Waals surface area contributed by atoms with Gasteiger partial charge in [-0.1, -0.05) is 44.2 Å². The molecule has 7 N–H and O–H groups in total. The fraction of sp³-hybridized carbons (Fsp3) is 0.581. The first-order chi connectivity index (χ1) is 21.9.